The minimum absolute atomic E-state index is 0.0360. The molecule has 0 atom stereocenters. The monoisotopic (exact) mass is 293 g/mol. The summed E-state index contributed by atoms with van der Waals surface area (Å²) in [4.78, 5) is 25.4. The molecule has 0 aromatic heterocycles. The fourth-order valence-corrected chi connectivity index (χ4v) is 2.09. The highest BCUT2D eigenvalue weighted by molar-refractivity contribution is 6.02. The van der Waals surface area contributed by atoms with E-state index in [4.69, 9.17) is 4.74 Å². The molecule has 5 heteroatoms. The van der Waals surface area contributed by atoms with Gasteiger partial charge < -0.3 is 14.7 Å². The molecule has 0 radical (unpaired) electrons. The zero-order chi connectivity index (χ0) is 15.8. The lowest BCUT2D eigenvalue weighted by molar-refractivity contribution is 0.0691. The Morgan fingerprint density at radius 1 is 1.14 bits per heavy atom. The number of nitrogens with zero attached hydrogens (tertiary/aromatic N) is 1. The maximum Gasteiger partial charge on any atom is 0.339 e. The Kier molecular flexibility index (Phi) is 6.88. The van der Waals surface area contributed by atoms with Gasteiger partial charge in [0.05, 0.1) is 5.56 Å². The molecule has 1 rings (SSSR count). The minimum atomic E-state index is -1.08. The van der Waals surface area contributed by atoms with Gasteiger partial charge in [-0.3, -0.25) is 4.79 Å². The smallest absolute Gasteiger partial charge is 0.339 e. The molecule has 1 N–H and O–H groups in total. The lowest BCUT2D eigenvalue weighted by Gasteiger charge is -2.19. The van der Waals surface area contributed by atoms with E-state index >= 15 is 0 Å². The lowest BCUT2D eigenvalue weighted by Crippen LogP contribution is -2.28. The van der Waals surface area contributed by atoms with Crippen LogP contribution < -0.4 is 4.74 Å². The standard InChI is InChI=1S/C16H23NO4/c1-4-14(18)12-8-7-9-13(16(19)20)15(12)21-11-10-17(5-2)6-3/h7-9H,4-6,10-11H2,1-3H3,(H,19,20). The number of carboxylic acid groups (broad SMARTS) is 1. The average Bonchev–Trinajstić information content (AvgIpc) is 2.50. The van der Waals surface area contributed by atoms with Crippen LogP contribution in [0.1, 0.15) is 47.9 Å². The molecule has 0 spiro atoms. The predicted molar refractivity (Wildman–Crippen MR) is 81.3 cm³/mol. The summed E-state index contributed by atoms with van der Waals surface area (Å²) >= 11 is 0. The Morgan fingerprint density at radius 2 is 1.76 bits per heavy atom. The Hall–Kier alpha value is -1.88. The van der Waals surface area contributed by atoms with E-state index in [-0.39, 0.29) is 17.1 Å². The zero-order valence-electron chi connectivity index (χ0n) is 12.9. The van der Waals surface area contributed by atoms with Crippen LogP contribution in [-0.4, -0.2) is 48.0 Å². The largest absolute Gasteiger partial charge is 0.491 e. The second kappa shape index (κ2) is 8.42. The highest BCUT2D eigenvalue weighted by atomic mass is 16.5. The van der Waals surface area contributed by atoms with Crippen LogP contribution >= 0.6 is 0 Å². The molecule has 0 aliphatic heterocycles. The van der Waals surface area contributed by atoms with Gasteiger partial charge in [0.1, 0.15) is 17.9 Å². The highest BCUT2D eigenvalue weighted by Crippen LogP contribution is 2.25. The van der Waals surface area contributed by atoms with E-state index < -0.39 is 5.97 Å². The van der Waals surface area contributed by atoms with Crippen LogP contribution in [0.2, 0.25) is 0 Å². The van der Waals surface area contributed by atoms with Crippen molar-refractivity contribution < 1.29 is 19.4 Å². The first kappa shape index (κ1) is 17.2. The minimum Gasteiger partial charge on any atom is -0.491 e. The number of likely N-dealkylation sites (N-methyl/N-ethyl adjacent to an activating group) is 1. The third-order valence-electron chi connectivity index (χ3n) is 3.42. The van der Waals surface area contributed by atoms with Crippen molar-refractivity contribution in [3.63, 3.8) is 0 Å². The third-order valence-corrected chi connectivity index (χ3v) is 3.42. The van der Waals surface area contributed by atoms with Crippen molar-refractivity contribution in [3.8, 4) is 5.75 Å². The third kappa shape index (κ3) is 4.56. The summed E-state index contributed by atoms with van der Waals surface area (Å²) < 4.78 is 5.64. The van der Waals surface area contributed by atoms with Crippen molar-refractivity contribution >= 4 is 11.8 Å². The van der Waals surface area contributed by atoms with Gasteiger partial charge in [-0.25, -0.2) is 4.79 Å². The van der Waals surface area contributed by atoms with Gasteiger partial charge in [-0.05, 0) is 25.2 Å². The SMILES string of the molecule is CCC(=O)c1cccc(C(=O)O)c1OCCN(CC)CC. The quantitative estimate of drug-likeness (QED) is 0.709. The number of carboxylic acids is 1. The summed E-state index contributed by atoms with van der Waals surface area (Å²) in [6, 6.07) is 4.65. The van der Waals surface area contributed by atoms with Gasteiger partial charge in [-0.1, -0.05) is 26.8 Å². The van der Waals surface area contributed by atoms with Crippen LogP contribution in [0, 0.1) is 0 Å². The molecule has 0 bridgehead atoms. The second-order valence-electron chi connectivity index (χ2n) is 4.64. The van der Waals surface area contributed by atoms with E-state index in [9.17, 15) is 14.7 Å². The van der Waals surface area contributed by atoms with Crippen molar-refractivity contribution in [2.75, 3.05) is 26.2 Å². The van der Waals surface area contributed by atoms with E-state index in [1.165, 1.54) is 6.07 Å². The number of rotatable bonds is 9. The number of carbonyl (C=O) groups is 2. The summed E-state index contributed by atoms with van der Waals surface area (Å²) in [5, 5.41) is 9.24. The molecule has 0 unspecified atom stereocenters. The first-order chi connectivity index (χ1) is 10.0. The molecule has 0 saturated heterocycles. The van der Waals surface area contributed by atoms with Gasteiger partial charge >= 0.3 is 5.97 Å². The zero-order valence-corrected chi connectivity index (χ0v) is 12.9. The van der Waals surface area contributed by atoms with Crippen molar-refractivity contribution in [2.24, 2.45) is 0 Å². The first-order valence-electron chi connectivity index (χ1n) is 7.29. The fourth-order valence-electron chi connectivity index (χ4n) is 2.09. The molecular formula is C16H23NO4. The number of hydrogen-bond donors (Lipinski definition) is 1. The molecule has 21 heavy (non-hydrogen) atoms. The average molecular weight is 293 g/mol. The van der Waals surface area contributed by atoms with Gasteiger partial charge in [0, 0.05) is 13.0 Å². The second-order valence-corrected chi connectivity index (χ2v) is 4.64. The molecule has 1 aromatic carbocycles. The Bertz CT molecular complexity index is 495. The molecular weight excluding hydrogens is 270 g/mol. The van der Waals surface area contributed by atoms with Crippen LogP contribution in [0.15, 0.2) is 18.2 Å². The number of ketones is 1. The Balaban J connectivity index is 2.96. The fraction of sp³-hybridized carbons (Fsp3) is 0.500. The normalized spacial score (nSPS) is 10.7. The van der Waals surface area contributed by atoms with Crippen molar-refractivity contribution in [2.45, 2.75) is 27.2 Å². The van der Waals surface area contributed by atoms with E-state index in [2.05, 4.69) is 18.7 Å². The molecule has 1 aromatic rings. The Labute approximate surface area is 125 Å². The van der Waals surface area contributed by atoms with Gasteiger partial charge in [0.15, 0.2) is 5.78 Å². The summed E-state index contributed by atoms with van der Waals surface area (Å²) in [6.45, 7) is 8.72. The summed E-state index contributed by atoms with van der Waals surface area (Å²) in [5.41, 5.74) is 0.380. The number of Topliss-reactive ketones (excluding diaryl/α,β-unsaturated/α-hetero) is 1. The maximum absolute atomic E-state index is 11.9. The molecule has 0 heterocycles. The van der Waals surface area contributed by atoms with Gasteiger partial charge in [-0.2, -0.15) is 0 Å². The van der Waals surface area contributed by atoms with E-state index in [0.717, 1.165) is 13.1 Å². The van der Waals surface area contributed by atoms with Crippen LogP contribution in [-0.2, 0) is 0 Å². The van der Waals surface area contributed by atoms with Gasteiger partial charge in [0.2, 0.25) is 0 Å². The highest BCUT2D eigenvalue weighted by Gasteiger charge is 2.19. The van der Waals surface area contributed by atoms with Crippen molar-refractivity contribution in [1.29, 1.82) is 0 Å². The Morgan fingerprint density at radius 3 is 2.29 bits per heavy atom. The molecule has 116 valence electrons. The predicted octanol–water partition coefficient (Wildman–Crippen LogP) is 2.70. The number of aromatic carboxylic acids is 1. The molecule has 0 aliphatic rings. The lowest BCUT2D eigenvalue weighted by atomic mass is 10.0. The number of carbonyl (C=O) groups excluding carboxylic acids is 1. The molecule has 0 aliphatic carbocycles. The number of benzene rings is 1. The number of hydrogen-bond acceptors (Lipinski definition) is 4. The number of ether oxygens (including phenoxy) is 1. The van der Waals surface area contributed by atoms with Crippen LogP contribution in [0.5, 0.6) is 5.75 Å². The van der Waals surface area contributed by atoms with Crippen LogP contribution in [0.4, 0.5) is 0 Å². The molecule has 5 nitrogen and oxygen atoms in total. The van der Waals surface area contributed by atoms with E-state index in [1.54, 1.807) is 19.1 Å². The molecule has 0 saturated carbocycles. The topological polar surface area (TPSA) is 66.8 Å². The van der Waals surface area contributed by atoms with Crippen LogP contribution in [0.25, 0.3) is 0 Å². The number of para-hydroxylation sites is 1. The summed E-state index contributed by atoms with van der Waals surface area (Å²) in [5.74, 6) is -1.02. The van der Waals surface area contributed by atoms with Gasteiger partial charge in [-0.15, -0.1) is 0 Å². The molecule has 0 amide bonds. The van der Waals surface area contributed by atoms with Crippen LogP contribution in [0.3, 0.4) is 0 Å². The summed E-state index contributed by atoms with van der Waals surface area (Å²) in [6.07, 6.45) is 0.315. The van der Waals surface area contributed by atoms with Crippen molar-refractivity contribution in [1.82, 2.24) is 4.90 Å². The first-order valence-corrected chi connectivity index (χ1v) is 7.29. The van der Waals surface area contributed by atoms with Gasteiger partial charge in [0.25, 0.3) is 0 Å². The van der Waals surface area contributed by atoms with E-state index in [1.807, 2.05) is 0 Å². The molecule has 0 fully saturated rings. The summed E-state index contributed by atoms with van der Waals surface area (Å²) in [7, 11) is 0. The maximum atomic E-state index is 11.9. The van der Waals surface area contributed by atoms with E-state index in [0.29, 0.717) is 25.1 Å². The van der Waals surface area contributed by atoms with Crippen molar-refractivity contribution in [3.05, 3.63) is 29.3 Å².